The minimum absolute atomic E-state index is 0.834. The number of fused-ring (bicyclic) bond motifs is 1. The molecule has 1 N–H and O–H groups in total. The second-order valence-electron chi connectivity index (χ2n) is 6.26. The average molecular weight is 347 g/mol. The maximum absolute atomic E-state index is 4.54. The van der Waals surface area contributed by atoms with E-state index in [9.17, 15) is 0 Å². The molecule has 0 spiro atoms. The van der Waals surface area contributed by atoms with Crippen LogP contribution >= 0.6 is 0 Å². The van der Waals surface area contributed by atoms with Gasteiger partial charge in [0, 0.05) is 37.4 Å². The molecule has 0 aliphatic carbocycles. The molecule has 4 rings (SSSR count). The highest BCUT2D eigenvalue weighted by Gasteiger charge is 2.17. The molecular formula is C19H21N7. The topological polar surface area (TPSA) is 73.5 Å². The zero-order valence-corrected chi connectivity index (χ0v) is 14.9. The summed E-state index contributed by atoms with van der Waals surface area (Å²) in [6.45, 7) is 5.98. The van der Waals surface area contributed by atoms with Gasteiger partial charge in [-0.1, -0.05) is 0 Å². The fourth-order valence-corrected chi connectivity index (χ4v) is 3.22. The molecule has 0 aromatic carbocycles. The van der Waals surface area contributed by atoms with Crippen LogP contribution in [0.1, 0.15) is 17.7 Å². The predicted octanol–water partition coefficient (Wildman–Crippen LogP) is 3.13. The quantitative estimate of drug-likeness (QED) is 0.543. The summed E-state index contributed by atoms with van der Waals surface area (Å²) in [5.41, 5.74) is 4.24. The molecule has 4 aromatic heterocycles. The summed E-state index contributed by atoms with van der Waals surface area (Å²) in [5.74, 6) is 0.879. The van der Waals surface area contributed by atoms with E-state index in [-0.39, 0.29) is 0 Å². The van der Waals surface area contributed by atoms with Crippen molar-refractivity contribution in [1.82, 2.24) is 29.1 Å². The zero-order chi connectivity index (χ0) is 17.9. The Labute approximate surface area is 151 Å². The number of imidazole rings is 1. The molecule has 0 bridgehead atoms. The van der Waals surface area contributed by atoms with Crippen LogP contribution in [0.5, 0.6) is 0 Å². The third-order valence-corrected chi connectivity index (χ3v) is 4.64. The van der Waals surface area contributed by atoms with E-state index >= 15 is 0 Å². The third kappa shape index (κ3) is 2.92. The van der Waals surface area contributed by atoms with Crippen LogP contribution in [0.3, 0.4) is 0 Å². The van der Waals surface area contributed by atoms with Crippen molar-refractivity contribution in [2.24, 2.45) is 0 Å². The molecule has 0 saturated heterocycles. The molecule has 0 fully saturated rings. The fourth-order valence-electron chi connectivity index (χ4n) is 3.22. The van der Waals surface area contributed by atoms with Gasteiger partial charge >= 0.3 is 0 Å². The SMILES string of the molecule is Cc1c(C)n(-c2cccnc2)c2ncnc(NCCCn3ccnc3)c12. The number of nitrogens with one attached hydrogen (secondary N) is 1. The van der Waals surface area contributed by atoms with E-state index in [0.29, 0.717) is 0 Å². The van der Waals surface area contributed by atoms with E-state index in [4.69, 9.17) is 0 Å². The second-order valence-corrected chi connectivity index (χ2v) is 6.26. The molecule has 0 aliphatic rings. The molecule has 0 atom stereocenters. The summed E-state index contributed by atoms with van der Waals surface area (Å²) >= 11 is 0. The lowest BCUT2D eigenvalue weighted by Gasteiger charge is -2.09. The second kappa shape index (κ2) is 6.95. The Hall–Kier alpha value is -3.22. The standard InChI is InChI=1S/C19H21N7/c1-14-15(2)26(16-5-3-6-20-11-16)19-17(14)18(23-12-24-19)22-7-4-9-25-10-8-21-13-25/h3,5-6,8,10-13H,4,7,9H2,1-2H3,(H,22,23,24). The van der Waals surface area contributed by atoms with Crippen molar-refractivity contribution in [2.75, 3.05) is 11.9 Å². The van der Waals surface area contributed by atoms with E-state index in [1.165, 1.54) is 5.56 Å². The molecular weight excluding hydrogens is 326 g/mol. The number of aryl methyl sites for hydroxylation is 2. The van der Waals surface area contributed by atoms with E-state index in [2.05, 4.69) is 48.2 Å². The molecule has 26 heavy (non-hydrogen) atoms. The van der Waals surface area contributed by atoms with Gasteiger partial charge in [-0.3, -0.25) is 9.55 Å². The first-order valence-electron chi connectivity index (χ1n) is 8.68. The molecule has 132 valence electrons. The summed E-state index contributed by atoms with van der Waals surface area (Å²) in [6, 6.07) is 3.98. The molecule has 0 amide bonds. The average Bonchev–Trinajstić information content (AvgIpc) is 3.27. The van der Waals surface area contributed by atoms with Crippen molar-refractivity contribution in [1.29, 1.82) is 0 Å². The number of aromatic nitrogens is 6. The van der Waals surface area contributed by atoms with E-state index < -0.39 is 0 Å². The van der Waals surface area contributed by atoms with Crippen LogP contribution in [0.2, 0.25) is 0 Å². The van der Waals surface area contributed by atoms with Gasteiger partial charge in [0.2, 0.25) is 0 Å². The molecule has 4 heterocycles. The Morgan fingerprint density at radius 3 is 2.81 bits per heavy atom. The van der Waals surface area contributed by atoms with Crippen LogP contribution < -0.4 is 5.32 Å². The molecule has 0 saturated carbocycles. The maximum Gasteiger partial charge on any atom is 0.150 e. The van der Waals surface area contributed by atoms with E-state index in [1.807, 2.05) is 30.9 Å². The molecule has 0 radical (unpaired) electrons. The zero-order valence-electron chi connectivity index (χ0n) is 14.9. The van der Waals surface area contributed by atoms with Gasteiger partial charge in [0.05, 0.1) is 23.6 Å². The molecule has 7 heteroatoms. The Bertz CT molecular complexity index is 1000. The summed E-state index contributed by atoms with van der Waals surface area (Å²) < 4.78 is 4.21. The Morgan fingerprint density at radius 2 is 2.04 bits per heavy atom. The van der Waals surface area contributed by atoms with E-state index in [1.54, 1.807) is 18.7 Å². The lowest BCUT2D eigenvalue weighted by molar-refractivity contribution is 0.660. The van der Waals surface area contributed by atoms with Gasteiger partial charge in [-0.15, -0.1) is 0 Å². The summed E-state index contributed by atoms with van der Waals surface area (Å²) in [7, 11) is 0. The first-order chi connectivity index (χ1) is 12.8. The minimum atomic E-state index is 0.834. The number of hydrogen-bond donors (Lipinski definition) is 1. The van der Waals surface area contributed by atoms with Crippen molar-refractivity contribution in [3.63, 3.8) is 0 Å². The van der Waals surface area contributed by atoms with Crippen LogP contribution in [0.4, 0.5) is 5.82 Å². The minimum Gasteiger partial charge on any atom is -0.369 e. The van der Waals surface area contributed by atoms with Crippen molar-refractivity contribution in [2.45, 2.75) is 26.8 Å². The first kappa shape index (κ1) is 16.3. The smallest absolute Gasteiger partial charge is 0.150 e. The van der Waals surface area contributed by atoms with Gasteiger partial charge in [0.1, 0.15) is 12.1 Å². The van der Waals surface area contributed by atoms with Crippen molar-refractivity contribution >= 4 is 16.9 Å². The predicted molar refractivity (Wildman–Crippen MR) is 101 cm³/mol. The monoisotopic (exact) mass is 347 g/mol. The van der Waals surface area contributed by atoms with Gasteiger partial charge in [0.25, 0.3) is 0 Å². The third-order valence-electron chi connectivity index (χ3n) is 4.64. The van der Waals surface area contributed by atoms with Crippen LogP contribution in [0, 0.1) is 13.8 Å². The number of pyridine rings is 1. The number of nitrogens with zero attached hydrogens (tertiary/aromatic N) is 6. The molecule has 7 nitrogen and oxygen atoms in total. The lowest BCUT2D eigenvalue weighted by Crippen LogP contribution is -2.07. The van der Waals surface area contributed by atoms with Gasteiger partial charge in [-0.2, -0.15) is 0 Å². The highest BCUT2D eigenvalue weighted by Crippen LogP contribution is 2.30. The fraction of sp³-hybridized carbons (Fsp3) is 0.263. The lowest BCUT2D eigenvalue weighted by atomic mass is 10.2. The normalized spacial score (nSPS) is 11.2. The van der Waals surface area contributed by atoms with Crippen LogP contribution in [-0.2, 0) is 6.54 Å². The Balaban J connectivity index is 1.62. The Kier molecular flexibility index (Phi) is 4.35. The molecule has 4 aromatic rings. The van der Waals surface area contributed by atoms with Crippen molar-refractivity contribution in [3.8, 4) is 5.69 Å². The first-order valence-corrected chi connectivity index (χ1v) is 8.68. The van der Waals surface area contributed by atoms with Gasteiger partial charge in [-0.05, 0) is 38.0 Å². The van der Waals surface area contributed by atoms with E-state index in [0.717, 1.165) is 47.7 Å². The van der Waals surface area contributed by atoms with Crippen molar-refractivity contribution in [3.05, 3.63) is 60.8 Å². The number of hydrogen-bond acceptors (Lipinski definition) is 5. The molecule has 0 aliphatic heterocycles. The largest absolute Gasteiger partial charge is 0.369 e. The maximum atomic E-state index is 4.54. The van der Waals surface area contributed by atoms with Crippen molar-refractivity contribution < 1.29 is 0 Å². The molecule has 0 unspecified atom stereocenters. The summed E-state index contributed by atoms with van der Waals surface area (Å²) in [5, 5.41) is 4.54. The van der Waals surface area contributed by atoms with Gasteiger partial charge in [0.15, 0.2) is 5.65 Å². The van der Waals surface area contributed by atoms with Crippen LogP contribution in [0.25, 0.3) is 16.7 Å². The summed E-state index contributed by atoms with van der Waals surface area (Å²) in [4.78, 5) is 17.3. The van der Waals surface area contributed by atoms with Gasteiger partial charge in [-0.25, -0.2) is 15.0 Å². The number of rotatable bonds is 6. The highest BCUT2D eigenvalue weighted by atomic mass is 15.1. The Morgan fingerprint density at radius 1 is 1.12 bits per heavy atom. The van der Waals surface area contributed by atoms with Gasteiger partial charge < -0.3 is 9.88 Å². The summed E-state index contributed by atoms with van der Waals surface area (Å²) in [6.07, 6.45) is 11.9. The highest BCUT2D eigenvalue weighted by molar-refractivity contribution is 5.93. The van der Waals surface area contributed by atoms with Crippen LogP contribution in [0.15, 0.2) is 49.6 Å². The van der Waals surface area contributed by atoms with Crippen LogP contribution in [-0.4, -0.2) is 35.6 Å². The number of anilines is 1.